The van der Waals surface area contributed by atoms with E-state index >= 15 is 0 Å². The van der Waals surface area contributed by atoms with E-state index in [0.29, 0.717) is 16.3 Å². The molecular formula is C12H18N4O2S2. The Morgan fingerprint density at radius 2 is 2.30 bits per heavy atom. The van der Waals surface area contributed by atoms with Crippen molar-refractivity contribution < 1.29 is 8.42 Å². The van der Waals surface area contributed by atoms with Gasteiger partial charge in [-0.3, -0.25) is 4.68 Å². The van der Waals surface area contributed by atoms with Crippen LogP contribution in [0.1, 0.15) is 17.4 Å². The molecule has 2 aromatic rings. The van der Waals surface area contributed by atoms with E-state index in [-0.39, 0.29) is 12.6 Å². The van der Waals surface area contributed by atoms with Gasteiger partial charge in [0.1, 0.15) is 4.90 Å². The summed E-state index contributed by atoms with van der Waals surface area (Å²) in [5.41, 5.74) is 6.34. The zero-order valence-electron chi connectivity index (χ0n) is 11.4. The van der Waals surface area contributed by atoms with Gasteiger partial charge in [-0.05, 0) is 30.9 Å². The summed E-state index contributed by atoms with van der Waals surface area (Å²) in [7, 11) is -3.55. The zero-order chi connectivity index (χ0) is 14.8. The fourth-order valence-electron chi connectivity index (χ4n) is 2.04. The van der Waals surface area contributed by atoms with Crippen molar-refractivity contribution in [2.45, 2.75) is 37.9 Å². The molecule has 1 atom stereocenters. The molecule has 2 heterocycles. The number of rotatable bonds is 6. The second kappa shape index (κ2) is 6.04. The van der Waals surface area contributed by atoms with Gasteiger partial charge in [0.25, 0.3) is 0 Å². The number of aromatic nitrogens is 2. The summed E-state index contributed by atoms with van der Waals surface area (Å²) in [6.07, 6.45) is 3.46. The van der Waals surface area contributed by atoms with Crippen LogP contribution < -0.4 is 10.5 Å². The molecule has 0 aliphatic carbocycles. The first-order chi connectivity index (χ1) is 9.44. The molecule has 20 heavy (non-hydrogen) atoms. The lowest BCUT2D eigenvalue weighted by molar-refractivity contribution is 0.493. The largest absolute Gasteiger partial charge is 0.326 e. The van der Waals surface area contributed by atoms with Crippen LogP contribution in [0.5, 0.6) is 0 Å². The average molecular weight is 314 g/mol. The minimum Gasteiger partial charge on any atom is -0.326 e. The summed E-state index contributed by atoms with van der Waals surface area (Å²) in [5.74, 6) is 0. The molecule has 0 amide bonds. The third-order valence-corrected chi connectivity index (χ3v) is 5.89. The quantitative estimate of drug-likeness (QED) is 0.835. The van der Waals surface area contributed by atoms with Crippen molar-refractivity contribution in [3.8, 4) is 0 Å². The Labute approximate surface area is 122 Å². The predicted octanol–water partition coefficient (Wildman–Crippen LogP) is 1.08. The fraction of sp³-hybridized carbons (Fsp3) is 0.417. The molecule has 0 saturated heterocycles. The van der Waals surface area contributed by atoms with Gasteiger partial charge in [-0.15, -0.1) is 11.3 Å². The van der Waals surface area contributed by atoms with Crippen molar-refractivity contribution in [3.63, 3.8) is 0 Å². The first-order valence-corrected chi connectivity index (χ1v) is 8.57. The molecule has 0 aliphatic rings. The lowest BCUT2D eigenvalue weighted by Gasteiger charge is -2.15. The van der Waals surface area contributed by atoms with Crippen LogP contribution in [0.2, 0.25) is 0 Å². The zero-order valence-corrected chi connectivity index (χ0v) is 13.0. The maximum atomic E-state index is 12.4. The lowest BCUT2D eigenvalue weighted by atomic mass is 10.3. The Kier molecular flexibility index (Phi) is 4.59. The van der Waals surface area contributed by atoms with Crippen LogP contribution in [0, 0.1) is 6.92 Å². The van der Waals surface area contributed by atoms with Gasteiger partial charge >= 0.3 is 0 Å². The van der Waals surface area contributed by atoms with E-state index in [2.05, 4.69) is 9.82 Å². The maximum absolute atomic E-state index is 12.4. The van der Waals surface area contributed by atoms with Gasteiger partial charge in [-0.1, -0.05) is 0 Å². The third kappa shape index (κ3) is 3.26. The molecule has 2 aromatic heterocycles. The molecule has 0 aliphatic heterocycles. The third-order valence-electron chi connectivity index (χ3n) is 2.82. The number of hydrogen-bond acceptors (Lipinski definition) is 5. The minimum absolute atomic E-state index is 0.224. The first kappa shape index (κ1) is 15.2. The minimum atomic E-state index is -3.55. The SMILES string of the molecule is Cc1csc(CN)c1S(=O)(=O)NC(C)Cn1cccn1. The number of sulfonamides is 1. The van der Waals surface area contributed by atoms with Gasteiger partial charge in [0, 0.05) is 29.9 Å². The van der Waals surface area contributed by atoms with Crippen LogP contribution in [0.15, 0.2) is 28.7 Å². The molecule has 0 fully saturated rings. The van der Waals surface area contributed by atoms with Crippen molar-refractivity contribution in [3.05, 3.63) is 34.3 Å². The molecular weight excluding hydrogens is 296 g/mol. The molecule has 2 rings (SSSR count). The molecule has 0 bridgehead atoms. The molecule has 3 N–H and O–H groups in total. The molecule has 1 unspecified atom stereocenters. The highest BCUT2D eigenvalue weighted by molar-refractivity contribution is 7.89. The predicted molar refractivity (Wildman–Crippen MR) is 79.0 cm³/mol. The number of nitrogens with zero attached hydrogens (tertiary/aromatic N) is 2. The van der Waals surface area contributed by atoms with Crippen molar-refractivity contribution in [1.29, 1.82) is 0 Å². The summed E-state index contributed by atoms with van der Waals surface area (Å²) < 4.78 is 29.3. The van der Waals surface area contributed by atoms with Gasteiger partial charge < -0.3 is 5.73 Å². The Hall–Kier alpha value is -1.22. The Balaban J connectivity index is 2.16. The van der Waals surface area contributed by atoms with E-state index in [1.54, 1.807) is 30.1 Å². The Bertz CT molecular complexity index is 662. The van der Waals surface area contributed by atoms with Crippen molar-refractivity contribution >= 4 is 21.4 Å². The first-order valence-electron chi connectivity index (χ1n) is 6.21. The van der Waals surface area contributed by atoms with Crippen LogP contribution >= 0.6 is 11.3 Å². The van der Waals surface area contributed by atoms with Crippen molar-refractivity contribution in [2.75, 3.05) is 0 Å². The van der Waals surface area contributed by atoms with Gasteiger partial charge in [0.15, 0.2) is 0 Å². The normalized spacial score (nSPS) is 13.6. The van der Waals surface area contributed by atoms with Crippen LogP contribution in [-0.2, 0) is 23.1 Å². The topological polar surface area (TPSA) is 90.0 Å². The van der Waals surface area contributed by atoms with Gasteiger partial charge in [0.2, 0.25) is 10.0 Å². The highest BCUT2D eigenvalue weighted by atomic mass is 32.2. The van der Waals surface area contributed by atoms with Gasteiger partial charge in [0.05, 0.1) is 6.54 Å². The number of nitrogens with two attached hydrogens (primary N) is 1. The second-order valence-electron chi connectivity index (χ2n) is 4.63. The molecule has 0 radical (unpaired) electrons. The van der Waals surface area contributed by atoms with E-state index in [0.717, 1.165) is 5.56 Å². The number of hydrogen-bond donors (Lipinski definition) is 2. The van der Waals surface area contributed by atoms with E-state index in [1.165, 1.54) is 11.3 Å². The van der Waals surface area contributed by atoms with Crippen molar-refractivity contribution in [2.24, 2.45) is 5.73 Å². The Morgan fingerprint density at radius 3 is 2.90 bits per heavy atom. The Morgan fingerprint density at radius 1 is 1.55 bits per heavy atom. The summed E-state index contributed by atoms with van der Waals surface area (Å²) in [6, 6.07) is 1.54. The molecule has 6 nitrogen and oxygen atoms in total. The smallest absolute Gasteiger partial charge is 0.242 e. The number of nitrogens with one attached hydrogen (secondary N) is 1. The van der Waals surface area contributed by atoms with Crippen LogP contribution in [-0.4, -0.2) is 24.2 Å². The number of thiophene rings is 1. The monoisotopic (exact) mass is 314 g/mol. The van der Waals surface area contributed by atoms with E-state index in [9.17, 15) is 8.42 Å². The fourth-order valence-corrected chi connectivity index (χ4v) is 4.98. The molecule has 0 aromatic carbocycles. The van der Waals surface area contributed by atoms with E-state index in [4.69, 9.17) is 5.73 Å². The highest BCUT2D eigenvalue weighted by Crippen LogP contribution is 2.26. The molecule has 110 valence electrons. The molecule has 8 heteroatoms. The standard InChI is InChI=1S/C12H18N4O2S2/c1-9-8-19-11(6-13)12(9)20(17,18)15-10(2)7-16-5-3-4-14-16/h3-5,8,10,15H,6-7,13H2,1-2H3. The van der Waals surface area contributed by atoms with Crippen LogP contribution in [0.4, 0.5) is 0 Å². The second-order valence-corrected chi connectivity index (χ2v) is 7.24. The number of aryl methyl sites for hydroxylation is 1. The van der Waals surface area contributed by atoms with Gasteiger partial charge in [-0.2, -0.15) is 5.10 Å². The van der Waals surface area contributed by atoms with Crippen LogP contribution in [0.3, 0.4) is 0 Å². The van der Waals surface area contributed by atoms with E-state index in [1.807, 2.05) is 12.3 Å². The summed E-state index contributed by atoms with van der Waals surface area (Å²) in [5, 5.41) is 5.88. The van der Waals surface area contributed by atoms with Crippen molar-refractivity contribution in [1.82, 2.24) is 14.5 Å². The maximum Gasteiger partial charge on any atom is 0.242 e. The van der Waals surface area contributed by atoms with Crippen LogP contribution in [0.25, 0.3) is 0 Å². The summed E-state index contributed by atoms with van der Waals surface area (Å²) >= 11 is 1.37. The average Bonchev–Trinajstić information content (AvgIpc) is 2.97. The molecule has 0 saturated carbocycles. The van der Waals surface area contributed by atoms with Gasteiger partial charge in [-0.25, -0.2) is 13.1 Å². The summed E-state index contributed by atoms with van der Waals surface area (Å²) in [4.78, 5) is 0.999. The van der Waals surface area contributed by atoms with E-state index < -0.39 is 10.0 Å². The summed E-state index contributed by atoms with van der Waals surface area (Å²) in [6.45, 7) is 4.29. The highest BCUT2D eigenvalue weighted by Gasteiger charge is 2.24. The molecule has 0 spiro atoms. The lowest BCUT2D eigenvalue weighted by Crippen LogP contribution is -2.36.